The van der Waals surface area contributed by atoms with Crippen molar-refractivity contribution < 1.29 is 4.79 Å². The highest BCUT2D eigenvalue weighted by Gasteiger charge is 2.00. The monoisotopic (exact) mass is 272 g/mol. The van der Waals surface area contributed by atoms with Crippen molar-refractivity contribution in [2.45, 2.75) is 25.8 Å². The van der Waals surface area contributed by atoms with E-state index in [1.54, 1.807) is 0 Å². The lowest BCUT2D eigenvalue weighted by Crippen LogP contribution is -2.16. The number of hydrogen-bond donors (Lipinski definition) is 2. The van der Waals surface area contributed by atoms with Gasteiger partial charge in [-0.2, -0.15) is 5.10 Å². The molecule has 1 amide bonds. The number of benzene rings is 1. The van der Waals surface area contributed by atoms with Crippen molar-refractivity contribution in [1.29, 1.82) is 0 Å². The van der Waals surface area contributed by atoms with Gasteiger partial charge in [-0.3, -0.25) is 4.79 Å². The molecule has 0 aliphatic carbocycles. The molecule has 0 unspecified atom stereocenters. The number of nitrogens with zero attached hydrogens (tertiary/aromatic N) is 2. The van der Waals surface area contributed by atoms with E-state index in [0.29, 0.717) is 6.42 Å². The maximum atomic E-state index is 10.6. The molecule has 0 radical (unpaired) electrons. The van der Waals surface area contributed by atoms with Crippen LogP contribution in [-0.2, 0) is 11.3 Å². The summed E-state index contributed by atoms with van der Waals surface area (Å²) in [6.45, 7) is 1.60. The zero-order valence-electron chi connectivity index (χ0n) is 11.5. The van der Waals surface area contributed by atoms with E-state index in [2.05, 4.69) is 10.4 Å². The van der Waals surface area contributed by atoms with Crippen LogP contribution in [0.15, 0.2) is 42.6 Å². The van der Waals surface area contributed by atoms with Gasteiger partial charge in [0.2, 0.25) is 5.91 Å². The van der Waals surface area contributed by atoms with Gasteiger partial charge >= 0.3 is 0 Å². The van der Waals surface area contributed by atoms with Gasteiger partial charge in [-0.25, -0.2) is 4.68 Å². The minimum atomic E-state index is -0.230. The molecular formula is C15H20N4O. The second-order valence-electron chi connectivity index (χ2n) is 4.69. The fourth-order valence-corrected chi connectivity index (χ4v) is 1.95. The molecule has 5 nitrogen and oxygen atoms in total. The highest BCUT2D eigenvalue weighted by molar-refractivity contribution is 5.73. The molecule has 3 N–H and O–H groups in total. The van der Waals surface area contributed by atoms with Crippen LogP contribution < -0.4 is 11.1 Å². The van der Waals surface area contributed by atoms with E-state index in [-0.39, 0.29) is 5.91 Å². The number of para-hydroxylation sites is 1. The first-order valence-electron chi connectivity index (χ1n) is 6.85. The molecular weight excluding hydrogens is 252 g/mol. The van der Waals surface area contributed by atoms with E-state index in [1.807, 2.05) is 47.3 Å². The normalized spacial score (nSPS) is 10.6. The van der Waals surface area contributed by atoms with Gasteiger partial charge < -0.3 is 11.1 Å². The van der Waals surface area contributed by atoms with E-state index < -0.39 is 0 Å². The lowest BCUT2D eigenvalue weighted by atomic mass is 10.2. The third-order valence-corrected chi connectivity index (χ3v) is 3.00. The molecule has 0 bridgehead atoms. The number of primary amides is 1. The van der Waals surface area contributed by atoms with Gasteiger partial charge in [-0.1, -0.05) is 18.2 Å². The van der Waals surface area contributed by atoms with Crippen LogP contribution >= 0.6 is 0 Å². The molecule has 2 rings (SSSR count). The van der Waals surface area contributed by atoms with E-state index in [9.17, 15) is 4.79 Å². The highest BCUT2D eigenvalue weighted by Crippen LogP contribution is 2.06. The largest absolute Gasteiger partial charge is 0.370 e. The number of nitrogens with one attached hydrogen (secondary N) is 1. The van der Waals surface area contributed by atoms with Gasteiger partial charge in [0.1, 0.15) is 0 Å². The molecule has 0 saturated carbocycles. The Kier molecular flexibility index (Phi) is 5.32. The number of aromatic nitrogens is 2. The van der Waals surface area contributed by atoms with Crippen LogP contribution in [0.4, 0.5) is 0 Å². The Morgan fingerprint density at radius 2 is 2.00 bits per heavy atom. The molecule has 2 aromatic rings. The first kappa shape index (κ1) is 14.3. The SMILES string of the molecule is NC(=O)CCCCNCc1ccn(-c2ccccc2)n1. The zero-order chi connectivity index (χ0) is 14.2. The maximum absolute atomic E-state index is 10.6. The fourth-order valence-electron chi connectivity index (χ4n) is 1.95. The van der Waals surface area contributed by atoms with Crippen LogP contribution in [0.25, 0.3) is 5.69 Å². The second-order valence-corrected chi connectivity index (χ2v) is 4.69. The highest BCUT2D eigenvalue weighted by atomic mass is 16.1. The van der Waals surface area contributed by atoms with Crippen molar-refractivity contribution >= 4 is 5.91 Å². The van der Waals surface area contributed by atoms with Crippen LogP contribution in [0.2, 0.25) is 0 Å². The molecule has 1 aromatic heterocycles. The van der Waals surface area contributed by atoms with Crippen LogP contribution in [0.1, 0.15) is 25.0 Å². The number of hydrogen-bond acceptors (Lipinski definition) is 3. The first-order valence-corrected chi connectivity index (χ1v) is 6.85. The molecule has 0 saturated heterocycles. The van der Waals surface area contributed by atoms with E-state index in [0.717, 1.165) is 37.3 Å². The van der Waals surface area contributed by atoms with Crippen LogP contribution in [0, 0.1) is 0 Å². The Balaban J connectivity index is 1.72. The van der Waals surface area contributed by atoms with Gasteiger partial charge in [0.25, 0.3) is 0 Å². The third kappa shape index (κ3) is 4.51. The zero-order valence-corrected chi connectivity index (χ0v) is 11.5. The predicted octanol–water partition coefficient (Wildman–Crippen LogP) is 1.62. The van der Waals surface area contributed by atoms with Gasteiger partial charge in [0, 0.05) is 19.2 Å². The summed E-state index contributed by atoms with van der Waals surface area (Å²) in [7, 11) is 0. The van der Waals surface area contributed by atoms with Crippen molar-refractivity contribution in [2.75, 3.05) is 6.54 Å². The van der Waals surface area contributed by atoms with Crippen molar-refractivity contribution in [1.82, 2.24) is 15.1 Å². The van der Waals surface area contributed by atoms with Gasteiger partial charge in [-0.05, 0) is 37.6 Å². The quantitative estimate of drug-likeness (QED) is 0.717. The average Bonchev–Trinajstić information content (AvgIpc) is 2.92. The van der Waals surface area contributed by atoms with E-state index in [1.165, 1.54) is 0 Å². The first-order chi connectivity index (χ1) is 9.75. The van der Waals surface area contributed by atoms with Crippen LogP contribution in [0.3, 0.4) is 0 Å². The molecule has 0 spiro atoms. The maximum Gasteiger partial charge on any atom is 0.217 e. The number of rotatable bonds is 8. The van der Waals surface area contributed by atoms with Crippen molar-refractivity contribution in [3.63, 3.8) is 0 Å². The Bertz CT molecular complexity index is 536. The van der Waals surface area contributed by atoms with Crippen LogP contribution in [0.5, 0.6) is 0 Å². The van der Waals surface area contributed by atoms with Crippen molar-refractivity contribution in [2.24, 2.45) is 5.73 Å². The molecule has 0 aliphatic heterocycles. The van der Waals surface area contributed by atoms with E-state index in [4.69, 9.17) is 5.73 Å². The standard InChI is InChI=1S/C15H20N4O/c16-15(20)8-4-5-10-17-12-13-9-11-19(18-13)14-6-2-1-3-7-14/h1-3,6-7,9,11,17H,4-5,8,10,12H2,(H2,16,20). The number of unbranched alkanes of at least 4 members (excludes halogenated alkanes) is 1. The van der Waals surface area contributed by atoms with Crippen LogP contribution in [-0.4, -0.2) is 22.2 Å². The molecule has 1 heterocycles. The summed E-state index contributed by atoms with van der Waals surface area (Å²) in [6.07, 6.45) is 4.20. The fraction of sp³-hybridized carbons (Fsp3) is 0.333. The summed E-state index contributed by atoms with van der Waals surface area (Å²) in [5.74, 6) is -0.230. The molecule has 106 valence electrons. The topological polar surface area (TPSA) is 72.9 Å². The molecule has 0 atom stereocenters. The molecule has 0 fully saturated rings. The summed E-state index contributed by atoms with van der Waals surface area (Å²) >= 11 is 0. The Morgan fingerprint density at radius 1 is 1.20 bits per heavy atom. The number of carbonyl (C=O) groups excluding carboxylic acids is 1. The number of carbonyl (C=O) groups is 1. The van der Waals surface area contributed by atoms with Gasteiger partial charge in [0.05, 0.1) is 11.4 Å². The summed E-state index contributed by atoms with van der Waals surface area (Å²) in [6, 6.07) is 12.0. The molecule has 0 aliphatic rings. The lowest BCUT2D eigenvalue weighted by molar-refractivity contribution is -0.118. The summed E-state index contributed by atoms with van der Waals surface area (Å²) in [5, 5.41) is 7.82. The predicted molar refractivity (Wildman–Crippen MR) is 78.3 cm³/mol. The van der Waals surface area contributed by atoms with Crippen molar-refractivity contribution in [3.05, 3.63) is 48.3 Å². The molecule has 20 heavy (non-hydrogen) atoms. The summed E-state index contributed by atoms with van der Waals surface area (Å²) < 4.78 is 1.87. The smallest absolute Gasteiger partial charge is 0.217 e. The van der Waals surface area contributed by atoms with E-state index >= 15 is 0 Å². The number of amides is 1. The Morgan fingerprint density at radius 3 is 2.75 bits per heavy atom. The number of nitrogens with two attached hydrogens (primary N) is 1. The lowest BCUT2D eigenvalue weighted by Gasteiger charge is -2.02. The molecule has 5 heteroatoms. The average molecular weight is 272 g/mol. The second kappa shape index (κ2) is 7.45. The Labute approximate surface area is 118 Å². The molecule has 1 aromatic carbocycles. The van der Waals surface area contributed by atoms with Crippen molar-refractivity contribution in [3.8, 4) is 5.69 Å². The minimum absolute atomic E-state index is 0.230. The Hall–Kier alpha value is -2.14. The minimum Gasteiger partial charge on any atom is -0.370 e. The van der Waals surface area contributed by atoms with Gasteiger partial charge in [-0.15, -0.1) is 0 Å². The summed E-state index contributed by atoms with van der Waals surface area (Å²) in [5.41, 5.74) is 7.14. The summed E-state index contributed by atoms with van der Waals surface area (Å²) in [4.78, 5) is 10.6. The third-order valence-electron chi connectivity index (χ3n) is 3.00. The van der Waals surface area contributed by atoms with Gasteiger partial charge in [0.15, 0.2) is 0 Å².